The highest BCUT2D eigenvalue weighted by molar-refractivity contribution is 5.97. The maximum Gasteiger partial charge on any atom is 0.326 e. The second-order valence-electron chi connectivity index (χ2n) is 13.8. The van der Waals surface area contributed by atoms with E-state index in [0.717, 1.165) is 0 Å². The van der Waals surface area contributed by atoms with E-state index in [4.69, 9.17) is 22.3 Å². The summed E-state index contributed by atoms with van der Waals surface area (Å²) in [6.07, 6.45) is 1.88. The lowest BCUT2D eigenvalue weighted by Crippen LogP contribution is -2.61. The van der Waals surface area contributed by atoms with Crippen molar-refractivity contribution >= 4 is 53.3 Å². The van der Waals surface area contributed by atoms with Crippen molar-refractivity contribution in [3.8, 4) is 0 Å². The third kappa shape index (κ3) is 18.9. The fraction of sp³-hybridized carbons (Fsp3) is 0.647. The van der Waals surface area contributed by atoms with Gasteiger partial charge in [0.1, 0.15) is 36.3 Å². The van der Waals surface area contributed by atoms with E-state index in [1.165, 1.54) is 12.5 Å². The summed E-state index contributed by atoms with van der Waals surface area (Å²) < 4.78 is 0. The van der Waals surface area contributed by atoms with Gasteiger partial charge in [0.2, 0.25) is 41.4 Å². The summed E-state index contributed by atoms with van der Waals surface area (Å²) in [5.41, 5.74) is 16.8. The minimum Gasteiger partial charge on any atom is -0.481 e. The second-order valence-corrected chi connectivity index (χ2v) is 13.8. The van der Waals surface area contributed by atoms with Gasteiger partial charge in [0, 0.05) is 31.2 Å². The van der Waals surface area contributed by atoms with Crippen LogP contribution < -0.4 is 49.1 Å². The molecular weight excluding hydrogens is 770 g/mol. The standard InChI is InChI=1S/C34H57N11O13/c1-17(2)11-22(30(53)41-21(34(57)58)7-8-26(37)48)43-29(52)20(5-3-4-10-35)40-32(55)24(14-46)45-33(56)25(15-47)44-31(54)23(12-18-13-38-16-39-18)42-28(51)19(36)6-9-27(49)50/h13,16-17,19-25,46-47H,3-12,14-15,35-36H2,1-2H3,(H2,37,48)(H,38,39)(H,40,55)(H,41,53)(H,42,51)(H,43,52)(H,44,54)(H,45,56)(H,49,50)(H,57,58). The van der Waals surface area contributed by atoms with Crippen LogP contribution in [0.5, 0.6) is 0 Å². The number of carboxylic acids is 2. The van der Waals surface area contributed by atoms with Crippen molar-refractivity contribution in [1.82, 2.24) is 41.9 Å². The monoisotopic (exact) mass is 827 g/mol. The van der Waals surface area contributed by atoms with Gasteiger partial charge in [-0.1, -0.05) is 13.8 Å². The molecule has 0 fully saturated rings. The Balaban J connectivity index is 3.15. The lowest BCUT2D eigenvalue weighted by Gasteiger charge is -2.27. The lowest BCUT2D eigenvalue weighted by molar-refractivity contribution is -0.143. The van der Waals surface area contributed by atoms with Gasteiger partial charge in [-0.05, 0) is 51.0 Å². The smallest absolute Gasteiger partial charge is 0.326 e. The quantitative estimate of drug-likeness (QED) is 0.0335. The number of hydrogen-bond donors (Lipinski definition) is 14. The van der Waals surface area contributed by atoms with Gasteiger partial charge in [0.25, 0.3) is 0 Å². The van der Waals surface area contributed by atoms with Crippen molar-refractivity contribution in [3.05, 3.63) is 18.2 Å². The van der Waals surface area contributed by atoms with Gasteiger partial charge in [-0.15, -0.1) is 0 Å². The number of aromatic nitrogens is 2. The summed E-state index contributed by atoms with van der Waals surface area (Å²) in [5, 5.41) is 52.5. The Labute approximate surface area is 333 Å². The zero-order valence-electron chi connectivity index (χ0n) is 32.4. The molecule has 0 saturated carbocycles. The number of aliphatic carboxylic acids is 2. The molecule has 0 aromatic carbocycles. The summed E-state index contributed by atoms with van der Waals surface area (Å²) in [6.45, 7) is 1.67. The summed E-state index contributed by atoms with van der Waals surface area (Å²) >= 11 is 0. The third-order valence-corrected chi connectivity index (χ3v) is 8.46. The first-order valence-corrected chi connectivity index (χ1v) is 18.5. The van der Waals surface area contributed by atoms with Crippen LogP contribution in [0.15, 0.2) is 12.5 Å². The number of imidazole rings is 1. The molecule has 0 bridgehead atoms. The number of rotatable bonds is 29. The maximum atomic E-state index is 13.6. The molecular formula is C34H57N11O13. The molecule has 1 aromatic heterocycles. The summed E-state index contributed by atoms with van der Waals surface area (Å²) in [5.74, 6) is -9.47. The highest BCUT2D eigenvalue weighted by atomic mass is 16.4. The molecule has 1 aromatic rings. The molecule has 0 aliphatic heterocycles. The number of aromatic amines is 1. The Kier molecular flexibility index (Phi) is 22.8. The van der Waals surface area contributed by atoms with Crippen LogP contribution >= 0.6 is 0 Å². The number of amides is 7. The van der Waals surface area contributed by atoms with E-state index in [1.54, 1.807) is 13.8 Å². The van der Waals surface area contributed by atoms with Crippen LogP contribution in [0.25, 0.3) is 0 Å². The number of aliphatic hydroxyl groups excluding tert-OH is 2. The van der Waals surface area contributed by atoms with Crippen molar-refractivity contribution in [2.75, 3.05) is 19.8 Å². The molecule has 7 unspecified atom stereocenters. The van der Waals surface area contributed by atoms with Crippen molar-refractivity contribution < 1.29 is 63.6 Å². The molecule has 1 heterocycles. The van der Waals surface area contributed by atoms with Gasteiger partial charge in [0.05, 0.1) is 25.6 Å². The zero-order chi connectivity index (χ0) is 43.9. The molecule has 1 rings (SSSR count). The molecule has 0 aliphatic carbocycles. The molecule has 0 aliphatic rings. The first-order valence-electron chi connectivity index (χ1n) is 18.5. The number of hydrogen-bond acceptors (Lipinski definition) is 14. The first kappa shape index (κ1) is 50.3. The number of primary amides is 1. The molecule has 7 atom stereocenters. The molecule has 0 radical (unpaired) electrons. The Hall–Kier alpha value is -5.72. The number of nitrogens with two attached hydrogens (primary N) is 3. The average Bonchev–Trinajstić information content (AvgIpc) is 3.68. The summed E-state index contributed by atoms with van der Waals surface area (Å²) in [7, 11) is 0. The van der Waals surface area contributed by atoms with Gasteiger partial charge in [0.15, 0.2) is 0 Å². The fourth-order valence-electron chi connectivity index (χ4n) is 5.27. The summed E-state index contributed by atoms with van der Waals surface area (Å²) in [6, 6.07) is -10.4. The van der Waals surface area contributed by atoms with Crippen LogP contribution in [0, 0.1) is 5.92 Å². The Bertz CT molecular complexity index is 1540. The minimum absolute atomic E-state index is 0.0218. The Morgan fingerprint density at radius 1 is 0.672 bits per heavy atom. The number of carbonyl (C=O) groups is 9. The number of nitrogens with zero attached hydrogens (tertiary/aromatic N) is 1. The fourth-order valence-corrected chi connectivity index (χ4v) is 5.27. The van der Waals surface area contributed by atoms with Crippen molar-refractivity contribution in [3.63, 3.8) is 0 Å². The van der Waals surface area contributed by atoms with Crippen LogP contribution in [0.1, 0.15) is 70.9 Å². The highest BCUT2D eigenvalue weighted by Crippen LogP contribution is 2.10. The van der Waals surface area contributed by atoms with Crippen molar-refractivity contribution in [2.24, 2.45) is 23.1 Å². The first-order chi connectivity index (χ1) is 27.3. The normalized spacial score (nSPS) is 14.7. The van der Waals surface area contributed by atoms with Gasteiger partial charge >= 0.3 is 11.9 Å². The number of aliphatic hydroxyl groups is 2. The van der Waals surface area contributed by atoms with E-state index in [9.17, 15) is 58.5 Å². The molecule has 7 amide bonds. The molecule has 24 heteroatoms. The summed E-state index contributed by atoms with van der Waals surface area (Å²) in [4.78, 5) is 120. The van der Waals surface area contributed by atoms with Crippen LogP contribution in [0.2, 0.25) is 0 Å². The van der Waals surface area contributed by atoms with Gasteiger partial charge in [-0.25, -0.2) is 9.78 Å². The SMILES string of the molecule is CC(C)CC(NC(=O)C(CCCCN)NC(=O)C(CO)NC(=O)C(CO)NC(=O)C(Cc1cnc[nH]1)NC(=O)C(N)CCC(=O)O)C(=O)NC(CCC(N)=O)C(=O)O. The highest BCUT2D eigenvalue weighted by Gasteiger charge is 2.34. The van der Waals surface area contributed by atoms with Crippen LogP contribution in [0.4, 0.5) is 0 Å². The number of unbranched alkanes of at least 4 members (excludes halogenated alkanes) is 1. The van der Waals surface area contributed by atoms with Crippen molar-refractivity contribution in [1.29, 1.82) is 0 Å². The Morgan fingerprint density at radius 3 is 1.66 bits per heavy atom. The van der Waals surface area contributed by atoms with E-state index in [1.807, 2.05) is 0 Å². The number of nitrogens with one attached hydrogen (secondary N) is 7. The van der Waals surface area contributed by atoms with Crippen molar-refractivity contribution in [2.45, 2.75) is 114 Å². The maximum absolute atomic E-state index is 13.6. The van der Waals surface area contributed by atoms with Crippen LogP contribution in [0.3, 0.4) is 0 Å². The van der Waals surface area contributed by atoms with E-state index >= 15 is 0 Å². The zero-order valence-corrected chi connectivity index (χ0v) is 32.4. The Morgan fingerprint density at radius 2 is 1.17 bits per heavy atom. The third-order valence-electron chi connectivity index (χ3n) is 8.46. The number of carboxylic acid groups (broad SMARTS) is 2. The predicted octanol–water partition coefficient (Wildman–Crippen LogP) is -5.44. The molecule has 0 saturated heterocycles. The van der Waals surface area contributed by atoms with Gasteiger partial charge in [-0.2, -0.15) is 0 Å². The topological polar surface area (TPSA) is 413 Å². The molecule has 0 spiro atoms. The van der Waals surface area contributed by atoms with E-state index in [-0.39, 0.29) is 51.0 Å². The van der Waals surface area contributed by atoms with Gasteiger partial charge < -0.3 is 74.5 Å². The van der Waals surface area contributed by atoms with Gasteiger partial charge in [-0.3, -0.25) is 38.4 Å². The van der Waals surface area contributed by atoms with Crippen LogP contribution in [-0.4, -0.2) is 146 Å². The molecule has 58 heavy (non-hydrogen) atoms. The largest absolute Gasteiger partial charge is 0.481 e. The van der Waals surface area contributed by atoms with E-state index < -0.39 is 115 Å². The second kappa shape index (κ2) is 26.2. The average molecular weight is 828 g/mol. The van der Waals surface area contributed by atoms with E-state index in [2.05, 4.69) is 41.9 Å². The van der Waals surface area contributed by atoms with E-state index in [0.29, 0.717) is 18.5 Å². The predicted molar refractivity (Wildman–Crippen MR) is 201 cm³/mol. The molecule has 326 valence electrons. The lowest BCUT2D eigenvalue weighted by atomic mass is 10.0. The molecule has 24 nitrogen and oxygen atoms in total. The van der Waals surface area contributed by atoms with Crippen LogP contribution in [-0.2, 0) is 49.6 Å². The number of H-pyrrole nitrogens is 1. The number of carbonyl (C=O) groups excluding carboxylic acids is 7. The minimum atomic E-state index is -1.74. The molecule has 17 N–H and O–H groups in total.